The van der Waals surface area contributed by atoms with Crippen molar-refractivity contribution >= 4 is 11.0 Å². The summed E-state index contributed by atoms with van der Waals surface area (Å²) in [5.41, 5.74) is 5.64. The molecule has 0 amide bonds. The zero-order valence-corrected chi connectivity index (χ0v) is 13.8. The van der Waals surface area contributed by atoms with Gasteiger partial charge in [-0.1, -0.05) is 17.7 Å². The minimum atomic E-state index is -0.588. The fourth-order valence-electron chi connectivity index (χ4n) is 2.57. The lowest BCUT2D eigenvalue weighted by atomic mass is 10.1. The zero-order chi connectivity index (χ0) is 16.4. The summed E-state index contributed by atoms with van der Waals surface area (Å²) in [6.45, 7) is 6.92. The van der Waals surface area contributed by atoms with Crippen LogP contribution in [0.3, 0.4) is 0 Å². The van der Waals surface area contributed by atoms with Crippen LogP contribution in [0.25, 0.3) is 11.0 Å². The number of ether oxygens (including phenoxy) is 1. The Hall–Kier alpha value is -2.33. The molecule has 3 aromatic rings. The normalized spacial score (nSPS) is 12.5. The average molecular weight is 310 g/mol. The Bertz CT molecular complexity index is 806. The van der Waals surface area contributed by atoms with Crippen LogP contribution < -0.4 is 4.74 Å². The van der Waals surface area contributed by atoms with Crippen LogP contribution in [0.15, 0.2) is 42.7 Å². The molecular formula is C19H22N2O2. The molecule has 0 spiro atoms. The quantitative estimate of drug-likeness (QED) is 0.785. The fraction of sp³-hybridized carbons (Fsp3) is 0.316. The molecule has 3 rings (SSSR count). The van der Waals surface area contributed by atoms with Crippen molar-refractivity contribution in [2.75, 3.05) is 6.61 Å². The summed E-state index contributed by atoms with van der Waals surface area (Å²) in [6.07, 6.45) is 1.19. The smallest absolute Gasteiger partial charge is 0.119 e. The molecular weight excluding hydrogens is 288 g/mol. The number of rotatable bonds is 5. The molecule has 1 heterocycles. The van der Waals surface area contributed by atoms with Crippen LogP contribution in [-0.2, 0) is 6.54 Å². The Morgan fingerprint density at radius 3 is 2.52 bits per heavy atom. The molecule has 0 saturated carbocycles. The van der Waals surface area contributed by atoms with E-state index in [-0.39, 0.29) is 6.61 Å². The molecule has 0 saturated heterocycles. The highest BCUT2D eigenvalue weighted by atomic mass is 16.5. The number of aryl methyl sites for hydroxylation is 3. The molecule has 0 bridgehead atoms. The lowest BCUT2D eigenvalue weighted by Crippen LogP contribution is -2.23. The van der Waals surface area contributed by atoms with Gasteiger partial charge in [0.1, 0.15) is 18.5 Å². The number of hydrogen-bond acceptors (Lipinski definition) is 3. The summed E-state index contributed by atoms with van der Waals surface area (Å²) < 4.78 is 7.62. The summed E-state index contributed by atoms with van der Waals surface area (Å²) >= 11 is 0. The van der Waals surface area contributed by atoms with Crippen LogP contribution in [0.4, 0.5) is 0 Å². The Kier molecular flexibility index (Phi) is 4.35. The van der Waals surface area contributed by atoms with Gasteiger partial charge < -0.3 is 14.4 Å². The van der Waals surface area contributed by atoms with Crippen molar-refractivity contribution in [3.05, 3.63) is 59.4 Å². The van der Waals surface area contributed by atoms with E-state index in [2.05, 4.69) is 31.0 Å². The first-order chi connectivity index (χ1) is 11.0. The second-order valence-corrected chi connectivity index (χ2v) is 6.10. The van der Waals surface area contributed by atoms with Gasteiger partial charge in [-0.2, -0.15) is 0 Å². The van der Waals surface area contributed by atoms with Gasteiger partial charge in [0.15, 0.2) is 0 Å². The van der Waals surface area contributed by atoms with E-state index in [9.17, 15) is 5.11 Å². The van der Waals surface area contributed by atoms with Crippen LogP contribution >= 0.6 is 0 Å². The number of aromatic nitrogens is 2. The highest BCUT2D eigenvalue weighted by Gasteiger charge is 2.10. The van der Waals surface area contributed by atoms with Crippen LogP contribution in [0.2, 0.25) is 0 Å². The number of benzene rings is 2. The summed E-state index contributed by atoms with van der Waals surface area (Å²) in [5, 5.41) is 10.2. The van der Waals surface area contributed by atoms with Crippen molar-refractivity contribution in [1.29, 1.82) is 0 Å². The predicted octanol–water partition coefficient (Wildman–Crippen LogP) is 3.40. The van der Waals surface area contributed by atoms with E-state index in [1.807, 2.05) is 35.8 Å². The van der Waals surface area contributed by atoms with Crippen molar-refractivity contribution in [3.63, 3.8) is 0 Å². The van der Waals surface area contributed by atoms with Crippen molar-refractivity contribution < 1.29 is 9.84 Å². The highest BCUT2D eigenvalue weighted by molar-refractivity contribution is 5.77. The first-order valence-electron chi connectivity index (χ1n) is 7.82. The van der Waals surface area contributed by atoms with Crippen molar-refractivity contribution in [2.45, 2.75) is 33.4 Å². The van der Waals surface area contributed by atoms with E-state index in [1.165, 1.54) is 16.7 Å². The first kappa shape index (κ1) is 15.6. The number of hydrogen-bond donors (Lipinski definition) is 1. The lowest BCUT2D eigenvalue weighted by Gasteiger charge is -2.14. The molecule has 2 aromatic carbocycles. The van der Waals surface area contributed by atoms with Gasteiger partial charge >= 0.3 is 0 Å². The van der Waals surface area contributed by atoms with E-state index < -0.39 is 6.10 Å². The third-order valence-electron chi connectivity index (χ3n) is 4.11. The standard InChI is InChI=1S/C19H22N2O2/c1-13-4-6-17(7-5-13)23-11-16(22)10-21-12-20-18-8-14(2)15(3)9-19(18)21/h4-9,12,16,22H,10-11H2,1-3H3/t16-/m1/s1. The van der Waals surface area contributed by atoms with Gasteiger partial charge in [-0.3, -0.25) is 0 Å². The second kappa shape index (κ2) is 6.42. The van der Waals surface area contributed by atoms with Gasteiger partial charge in [-0.15, -0.1) is 0 Å². The number of aliphatic hydroxyl groups is 1. The SMILES string of the molecule is Cc1ccc(OC[C@H](O)Cn2cnc3cc(C)c(C)cc32)cc1. The van der Waals surface area contributed by atoms with Gasteiger partial charge in [-0.25, -0.2) is 4.98 Å². The van der Waals surface area contributed by atoms with Crippen LogP contribution in [0.5, 0.6) is 5.75 Å². The highest BCUT2D eigenvalue weighted by Crippen LogP contribution is 2.19. The number of aliphatic hydroxyl groups excluding tert-OH is 1. The molecule has 0 aliphatic rings. The van der Waals surface area contributed by atoms with Gasteiger partial charge in [0.25, 0.3) is 0 Å². The second-order valence-electron chi connectivity index (χ2n) is 6.10. The Labute approximate surface area is 136 Å². The van der Waals surface area contributed by atoms with Gasteiger partial charge in [-0.05, 0) is 56.2 Å². The first-order valence-corrected chi connectivity index (χ1v) is 7.82. The van der Waals surface area contributed by atoms with E-state index in [0.717, 1.165) is 16.8 Å². The van der Waals surface area contributed by atoms with E-state index in [1.54, 1.807) is 6.33 Å². The maximum absolute atomic E-state index is 10.2. The maximum atomic E-state index is 10.2. The predicted molar refractivity (Wildman–Crippen MR) is 91.9 cm³/mol. The molecule has 0 aliphatic heterocycles. The number of imidazole rings is 1. The Balaban J connectivity index is 1.67. The molecule has 0 radical (unpaired) electrons. The fourth-order valence-corrected chi connectivity index (χ4v) is 2.57. The number of nitrogens with zero attached hydrogens (tertiary/aromatic N) is 2. The van der Waals surface area contributed by atoms with Gasteiger partial charge in [0, 0.05) is 0 Å². The molecule has 1 N–H and O–H groups in total. The minimum absolute atomic E-state index is 0.258. The van der Waals surface area contributed by atoms with E-state index in [4.69, 9.17) is 4.74 Å². The minimum Gasteiger partial charge on any atom is -0.491 e. The number of fused-ring (bicyclic) bond motifs is 1. The van der Waals surface area contributed by atoms with Crippen molar-refractivity contribution in [2.24, 2.45) is 0 Å². The maximum Gasteiger partial charge on any atom is 0.119 e. The van der Waals surface area contributed by atoms with Crippen molar-refractivity contribution in [1.82, 2.24) is 9.55 Å². The van der Waals surface area contributed by atoms with Crippen LogP contribution in [0.1, 0.15) is 16.7 Å². The van der Waals surface area contributed by atoms with E-state index >= 15 is 0 Å². The lowest BCUT2D eigenvalue weighted by molar-refractivity contribution is 0.0934. The molecule has 0 fully saturated rings. The topological polar surface area (TPSA) is 47.3 Å². The van der Waals surface area contributed by atoms with Crippen LogP contribution in [-0.4, -0.2) is 27.4 Å². The van der Waals surface area contributed by atoms with Gasteiger partial charge in [0.05, 0.1) is 23.9 Å². The molecule has 1 atom stereocenters. The summed E-state index contributed by atoms with van der Waals surface area (Å²) in [7, 11) is 0. The third kappa shape index (κ3) is 3.54. The molecule has 4 nitrogen and oxygen atoms in total. The molecule has 0 aliphatic carbocycles. The largest absolute Gasteiger partial charge is 0.491 e. The molecule has 4 heteroatoms. The van der Waals surface area contributed by atoms with Crippen molar-refractivity contribution in [3.8, 4) is 5.75 Å². The summed E-state index contributed by atoms with van der Waals surface area (Å²) in [5.74, 6) is 0.775. The Morgan fingerprint density at radius 1 is 1.09 bits per heavy atom. The van der Waals surface area contributed by atoms with E-state index in [0.29, 0.717) is 6.54 Å². The zero-order valence-electron chi connectivity index (χ0n) is 13.8. The monoisotopic (exact) mass is 310 g/mol. The van der Waals surface area contributed by atoms with Crippen LogP contribution in [0, 0.1) is 20.8 Å². The molecule has 0 unspecified atom stereocenters. The molecule has 1 aromatic heterocycles. The average Bonchev–Trinajstić information content (AvgIpc) is 2.89. The molecule has 23 heavy (non-hydrogen) atoms. The summed E-state index contributed by atoms with van der Waals surface area (Å²) in [4.78, 5) is 4.41. The summed E-state index contributed by atoms with van der Waals surface area (Å²) in [6, 6.07) is 12.0. The Morgan fingerprint density at radius 2 is 1.78 bits per heavy atom. The third-order valence-corrected chi connectivity index (χ3v) is 4.11. The van der Waals surface area contributed by atoms with Gasteiger partial charge in [0.2, 0.25) is 0 Å². The molecule has 120 valence electrons.